The summed E-state index contributed by atoms with van der Waals surface area (Å²) in [6, 6.07) is 74.5. The van der Waals surface area contributed by atoms with Crippen LogP contribution in [-0.2, 0) is 16.2 Å². The van der Waals surface area contributed by atoms with E-state index in [0.717, 1.165) is 24.2 Å². The largest absolute Gasteiger partial charge is 0.355 e. The van der Waals surface area contributed by atoms with E-state index in [0.29, 0.717) is 0 Å². The first-order valence-corrected chi connectivity index (χ1v) is 22.9. The Labute approximate surface area is 378 Å². The van der Waals surface area contributed by atoms with Crippen molar-refractivity contribution in [2.75, 3.05) is 10.2 Å². The minimum atomic E-state index is -0.532. The number of benzene rings is 9. The summed E-state index contributed by atoms with van der Waals surface area (Å²) in [5, 5.41) is 6.51. The SMILES string of the molecule is CC1(C)CCC(C)(C)c2cc(-c3c4c(cc5ccccc35)N3c5ccccc5C(c5ccccc5)(c5ccccc5)c5cccc(c53)[B]4)c(Nc3ccc(-c4ccccc4)cc3)cc21. The molecule has 0 aromatic heterocycles. The highest BCUT2D eigenvalue weighted by molar-refractivity contribution is 6.74. The molecule has 3 aliphatic rings. The number of para-hydroxylation sites is 2. The Morgan fingerprint density at radius 2 is 1.06 bits per heavy atom. The van der Waals surface area contributed by atoms with E-state index in [4.69, 9.17) is 0 Å². The van der Waals surface area contributed by atoms with Crippen LogP contribution in [0.15, 0.2) is 200 Å². The molecule has 1 radical (unpaired) electrons. The van der Waals surface area contributed by atoms with Gasteiger partial charge in [-0.25, -0.2) is 0 Å². The van der Waals surface area contributed by atoms with E-state index in [1.807, 2.05) is 0 Å². The molecule has 0 bridgehead atoms. The Morgan fingerprint density at radius 3 is 1.77 bits per heavy atom. The number of rotatable bonds is 6. The molecule has 9 aromatic rings. The third-order valence-corrected chi connectivity index (χ3v) is 14.8. The van der Waals surface area contributed by atoms with Crippen LogP contribution in [0.1, 0.15) is 73.9 Å². The summed E-state index contributed by atoms with van der Waals surface area (Å²) >= 11 is 0. The van der Waals surface area contributed by atoms with Crippen molar-refractivity contribution < 1.29 is 0 Å². The van der Waals surface area contributed by atoms with Crippen LogP contribution in [0.5, 0.6) is 0 Å². The summed E-state index contributed by atoms with van der Waals surface area (Å²) in [4.78, 5) is 2.59. The highest BCUT2D eigenvalue weighted by atomic mass is 15.2. The van der Waals surface area contributed by atoms with Crippen molar-refractivity contribution in [3.05, 3.63) is 234 Å². The van der Waals surface area contributed by atoms with Gasteiger partial charge in [-0.3, -0.25) is 0 Å². The molecule has 1 aliphatic carbocycles. The first kappa shape index (κ1) is 38.6. The second kappa shape index (κ2) is 14.5. The van der Waals surface area contributed by atoms with Crippen molar-refractivity contribution in [2.45, 2.75) is 56.8 Å². The molecule has 0 saturated heterocycles. The monoisotopic (exact) mass is 821 g/mol. The quantitative estimate of drug-likeness (QED) is 0.168. The lowest BCUT2D eigenvalue weighted by Gasteiger charge is -2.49. The standard InChI is InChI=1S/C61H50BN2/c1-59(2)35-36-60(3,4)51-39-53(63-45-33-31-41(32-34-45)40-19-8-5-9-20-40)47(38-50(51)59)56-46-26-15-14-21-42(46)37-55-57(56)62-52-29-18-28-49-58(52)64(55)54-30-17-16-27-48(54)61(49,43-22-10-6-11-23-43)44-24-12-7-13-25-44/h5-34,37-39,63H,35-36H2,1-4H3. The number of nitrogens with zero attached hydrogens (tertiary/aromatic N) is 1. The van der Waals surface area contributed by atoms with E-state index in [9.17, 15) is 0 Å². The average Bonchev–Trinajstić information content (AvgIpc) is 3.33. The summed E-state index contributed by atoms with van der Waals surface area (Å²) < 4.78 is 0. The van der Waals surface area contributed by atoms with Gasteiger partial charge in [0.1, 0.15) is 0 Å². The van der Waals surface area contributed by atoms with Crippen molar-refractivity contribution in [1.29, 1.82) is 0 Å². The lowest BCUT2D eigenvalue weighted by Crippen LogP contribution is -2.47. The van der Waals surface area contributed by atoms with Gasteiger partial charge in [0.05, 0.1) is 11.1 Å². The molecule has 9 aromatic carbocycles. The first-order valence-electron chi connectivity index (χ1n) is 22.9. The fraction of sp³-hybridized carbons (Fsp3) is 0.148. The van der Waals surface area contributed by atoms with Crippen LogP contribution >= 0.6 is 0 Å². The number of nitrogens with one attached hydrogen (secondary N) is 1. The van der Waals surface area contributed by atoms with Gasteiger partial charge in [-0.1, -0.05) is 197 Å². The van der Waals surface area contributed by atoms with Crippen LogP contribution < -0.4 is 21.1 Å². The Morgan fingerprint density at radius 1 is 0.484 bits per heavy atom. The highest BCUT2D eigenvalue weighted by Gasteiger charge is 2.48. The van der Waals surface area contributed by atoms with Crippen molar-refractivity contribution >= 4 is 57.4 Å². The van der Waals surface area contributed by atoms with Gasteiger partial charge in [0, 0.05) is 28.3 Å². The van der Waals surface area contributed by atoms with Gasteiger partial charge < -0.3 is 10.2 Å². The van der Waals surface area contributed by atoms with Crippen LogP contribution in [-0.4, -0.2) is 7.28 Å². The van der Waals surface area contributed by atoms with E-state index in [1.54, 1.807) is 0 Å². The van der Waals surface area contributed by atoms with Gasteiger partial charge >= 0.3 is 0 Å². The molecular weight excluding hydrogens is 771 g/mol. The third kappa shape index (κ3) is 5.80. The molecule has 3 heteroatoms. The molecule has 0 unspecified atom stereocenters. The molecule has 2 heterocycles. The van der Waals surface area contributed by atoms with E-state index in [-0.39, 0.29) is 10.8 Å². The predicted molar refractivity (Wildman–Crippen MR) is 271 cm³/mol. The summed E-state index contributed by atoms with van der Waals surface area (Å²) in [7, 11) is 2.49. The van der Waals surface area contributed by atoms with Crippen LogP contribution in [0.4, 0.5) is 28.4 Å². The van der Waals surface area contributed by atoms with Crippen molar-refractivity contribution in [3.63, 3.8) is 0 Å². The maximum atomic E-state index is 4.04. The smallest absolute Gasteiger partial charge is 0.197 e. The molecule has 2 nitrogen and oxygen atoms in total. The Kier molecular flexibility index (Phi) is 8.72. The molecule has 1 N–H and O–H groups in total. The number of hydrogen-bond donors (Lipinski definition) is 1. The van der Waals surface area contributed by atoms with Crippen molar-refractivity contribution in [1.82, 2.24) is 0 Å². The van der Waals surface area contributed by atoms with E-state index >= 15 is 0 Å². The zero-order valence-electron chi connectivity index (χ0n) is 37.0. The number of hydrogen-bond acceptors (Lipinski definition) is 2. The molecular formula is C61H50BN2. The summed E-state index contributed by atoms with van der Waals surface area (Å²) in [6.45, 7) is 9.75. The summed E-state index contributed by atoms with van der Waals surface area (Å²) in [5.74, 6) is 0. The van der Waals surface area contributed by atoms with Gasteiger partial charge in [-0.05, 0) is 126 Å². The second-order valence-electron chi connectivity index (χ2n) is 19.4. The second-order valence-corrected chi connectivity index (χ2v) is 19.4. The lowest BCUT2D eigenvalue weighted by atomic mass is 9.53. The average molecular weight is 822 g/mol. The first-order chi connectivity index (χ1) is 31.2. The van der Waals surface area contributed by atoms with Crippen molar-refractivity contribution in [3.8, 4) is 22.3 Å². The predicted octanol–water partition coefficient (Wildman–Crippen LogP) is 14.4. The molecule has 0 atom stereocenters. The number of anilines is 5. The third-order valence-electron chi connectivity index (χ3n) is 14.8. The Bertz CT molecular complexity index is 3220. The molecule has 0 fully saturated rings. The molecule has 0 amide bonds. The van der Waals surface area contributed by atoms with Gasteiger partial charge in [0.15, 0.2) is 7.28 Å². The molecule has 0 saturated carbocycles. The fourth-order valence-electron chi connectivity index (χ4n) is 11.5. The molecule has 2 aliphatic heterocycles. The molecule has 307 valence electrons. The number of fused-ring (bicyclic) bond motifs is 6. The minimum absolute atomic E-state index is 0.0232. The Hall–Kier alpha value is -7.10. The topological polar surface area (TPSA) is 15.3 Å². The normalized spacial score (nSPS) is 15.8. The minimum Gasteiger partial charge on any atom is -0.355 e. The molecule has 12 rings (SSSR count). The lowest BCUT2D eigenvalue weighted by molar-refractivity contribution is 0.332. The van der Waals surface area contributed by atoms with Gasteiger partial charge in [0.2, 0.25) is 0 Å². The maximum Gasteiger partial charge on any atom is 0.197 e. The molecule has 64 heavy (non-hydrogen) atoms. The van der Waals surface area contributed by atoms with Crippen LogP contribution in [0, 0.1) is 0 Å². The van der Waals surface area contributed by atoms with E-state index < -0.39 is 5.41 Å². The summed E-state index contributed by atoms with van der Waals surface area (Å²) in [6.07, 6.45) is 2.29. The zero-order chi connectivity index (χ0) is 43.2. The van der Waals surface area contributed by atoms with Gasteiger partial charge in [-0.15, -0.1) is 0 Å². The van der Waals surface area contributed by atoms with Crippen LogP contribution in [0.3, 0.4) is 0 Å². The maximum absolute atomic E-state index is 4.04. The zero-order valence-corrected chi connectivity index (χ0v) is 37.0. The summed E-state index contributed by atoms with van der Waals surface area (Å²) in [5.41, 5.74) is 20.7. The fourth-order valence-corrected chi connectivity index (χ4v) is 11.5. The molecule has 0 spiro atoms. The van der Waals surface area contributed by atoms with E-state index in [2.05, 4.69) is 245 Å². The van der Waals surface area contributed by atoms with Gasteiger partial charge in [0.25, 0.3) is 0 Å². The van der Waals surface area contributed by atoms with Gasteiger partial charge in [-0.2, -0.15) is 0 Å². The van der Waals surface area contributed by atoms with Crippen LogP contribution in [0.2, 0.25) is 0 Å². The van der Waals surface area contributed by atoms with Crippen molar-refractivity contribution in [2.24, 2.45) is 0 Å². The van der Waals surface area contributed by atoms with E-state index in [1.165, 1.54) is 94.4 Å². The van der Waals surface area contributed by atoms with Crippen LogP contribution in [0.25, 0.3) is 33.0 Å². The highest BCUT2D eigenvalue weighted by Crippen LogP contribution is 2.58. The Balaban J connectivity index is 1.13.